The van der Waals surface area contributed by atoms with Crippen LogP contribution in [0.5, 0.6) is 0 Å². The van der Waals surface area contributed by atoms with Crippen LogP contribution in [-0.2, 0) is 26.2 Å². The topological polar surface area (TPSA) is 86.8 Å². The highest BCUT2D eigenvalue weighted by Crippen LogP contribution is 2.24. The smallest absolute Gasteiger partial charge is 0.242 e. The average molecular weight is 529 g/mol. The van der Waals surface area contributed by atoms with Crippen LogP contribution in [0.4, 0.5) is 5.69 Å². The van der Waals surface area contributed by atoms with E-state index in [0.29, 0.717) is 27.8 Å². The lowest BCUT2D eigenvalue weighted by molar-refractivity contribution is -0.140. The molecular formula is C24H31Cl2N3O4S. The van der Waals surface area contributed by atoms with Gasteiger partial charge in [-0.15, -0.1) is 0 Å². The molecule has 0 spiro atoms. The molecule has 34 heavy (non-hydrogen) atoms. The lowest BCUT2D eigenvalue weighted by Crippen LogP contribution is -2.47. The Labute approximate surface area is 212 Å². The molecule has 0 aliphatic heterocycles. The first kappa shape index (κ1) is 28.0. The Kier molecular flexibility index (Phi) is 10.2. The fourth-order valence-corrected chi connectivity index (χ4v) is 4.95. The average Bonchev–Trinajstić information content (AvgIpc) is 2.75. The van der Waals surface area contributed by atoms with E-state index in [4.69, 9.17) is 23.2 Å². The van der Waals surface area contributed by atoms with Crippen molar-refractivity contribution in [1.29, 1.82) is 0 Å². The van der Waals surface area contributed by atoms with Crippen LogP contribution in [-0.4, -0.2) is 50.5 Å². The van der Waals surface area contributed by atoms with Crippen LogP contribution >= 0.6 is 23.2 Å². The minimum Gasteiger partial charge on any atom is -0.355 e. The maximum atomic E-state index is 13.2. The molecule has 2 amide bonds. The highest BCUT2D eigenvalue weighted by Gasteiger charge is 2.27. The van der Waals surface area contributed by atoms with E-state index in [0.717, 1.165) is 11.8 Å². The van der Waals surface area contributed by atoms with Crippen LogP contribution in [0.2, 0.25) is 10.0 Å². The molecule has 0 saturated carbocycles. The van der Waals surface area contributed by atoms with Crippen LogP contribution in [0.25, 0.3) is 0 Å². The van der Waals surface area contributed by atoms with E-state index in [9.17, 15) is 18.0 Å². The van der Waals surface area contributed by atoms with Gasteiger partial charge in [0.15, 0.2) is 0 Å². The Bertz CT molecular complexity index is 1120. The molecule has 0 radical (unpaired) electrons. The standard InChI is InChI=1S/C24H31Cl2N3O4S/c1-5-27-24(31)18(3)28(16-19-11-12-20(25)15-22(19)26)23(30)10-7-13-29(34(4,32)33)21-9-6-8-17(2)14-21/h6,8-9,11-12,14-15,18H,5,7,10,13,16H2,1-4H3,(H,27,31)/t18-/m0/s1. The van der Waals surface area contributed by atoms with Gasteiger partial charge in [-0.25, -0.2) is 8.42 Å². The Balaban J connectivity index is 2.19. The van der Waals surface area contributed by atoms with E-state index in [1.165, 1.54) is 9.21 Å². The van der Waals surface area contributed by atoms with Gasteiger partial charge in [0.2, 0.25) is 21.8 Å². The Morgan fingerprint density at radius 1 is 1.12 bits per heavy atom. The maximum absolute atomic E-state index is 13.2. The third kappa shape index (κ3) is 7.89. The Morgan fingerprint density at radius 3 is 2.41 bits per heavy atom. The SMILES string of the molecule is CCNC(=O)[C@H](C)N(Cc1ccc(Cl)cc1Cl)C(=O)CCCN(c1cccc(C)c1)S(C)(=O)=O. The number of carbonyl (C=O) groups is 2. The molecule has 1 atom stereocenters. The zero-order chi connectivity index (χ0) is 25.5. The number of hydrogen-bond acceptors (Lipinski definition) is 4. The monoisotopic (exact) mass is 527 g/mol. The van der Waals surface area contributed by atoms with E-state index in [1.54, 1.807) is 50.2 Å². The van der Waals surface area contributed by atoms with Crippen molar-refractivity contribution in [2.24, 2.45) is 0 Å². The fourth-order valence-electron chi connectivity index (χ4n) is 3.52. The summed E-state index contributed by atoms with van der Waals surface area (Å²) in [6.45, 7) is 6.04. The molecule has 0 aliphatic rings. The minimum atomic E-state index is -3.53. The summed E-state index contributed by atoms with van der Waals surface area (Å²) in [6, 6.07) is 11.4. The first-order valence-electron chi connectivity index (χ1n) is 11.0. The van der Waals surface area contributed by atoms with E-state index < -0.39 is 16.1 Å². The fraction of sp³-hybridized carbons (Fsp3) is 0.417. The number of sulfonamides is 1. The van der Waals surface area contributed by atoms with Gasteiger partial charge in [-0.2, -0.15) is 0 Å². The van der Waals surface area contributed by atoms with Crippen molar-refractivity contribution < 1.29 is 18.0 Å². The molecule has 0 heterocycles. The molecule has 0 unspecified atom stereocenters. The number of likely N-dealkylation sites (N-methyl/N-ethyl adjacent to an activating group) is 1. The second-order valence-electron chi connectivity index (χ2n) is 8.11. The lowest BCUT2D eigenvalue weighted by Gasteiger charge is -2.29. The Hall–Kier alpha value is -2.29. The maximum Gasteiger partial charge on any atom is 0.242 e. The predicted molar refractivity (Wildman–Crippen MR) is 138 cm³/mol. The van der Waals surface area contributed by atoms with Crippen LogP contribution in [0.15, 0.2) is 42.5 Å². The molecule has 2 aromatic carbocycles. The number of anilines is 1. The largest absolute Gasteiger partial charge is 0.355 e. The lowest BCUT2D eigenvalue weighted by atomic mass is 10.1. The number of hydrogen-bond donors (Lipinski definition) is 1. The number of halogens is 2. The number of nitrogens with zero attached hydrogens (tertiary/aromatic N) is 2. The number of nitrogens with one attached hydrogen (secondary N) is 1. The molecule has 1 N–H and O–H groups in total. The quantitative estimate of drug-likeness (QED) is 0.469. The molecular weight excluding hydrogens is 497 g/mol. The highest BCUT2D eigenvalue weighted by molar-refractivity contribution is 7.92. The minimum absolute atomic E-state index is 0.0623. The molecule has 2 rings (SSSR count). The van der Waals surface area contributed by atoms with Crippen LogP contribution in [0, 0.1) is 6.92 Å². The van der Waals surface area contributed by atoms with Crippen molar-refractivity contribution in [3.63, 3.8) is 0 Å². The van der Waals surface area contributed by atoms with Crippen LogP contribution in [0.3, 0.4) is 0 Å². The first-order chi connectivity index (χ1) is 15.9. The molecule has 0 saturated heterocycles. The first-order valence-corrected chi connectivity index (χ1v) is 13.6. The van der Waals surface area contributed by atoms with Gasteiger partial charge in [0.05, 0.1) is 11.9 Å². The summed E-state index contributed by atoms with van der Waals surface area (Å²) in [4.78, 5) is 27.2. The number of benzene rings is 2. The number of amides is 2. The molecule has 0 aromatic heterocycles. The second kappa shape index (κ2) is 12.4. The Morgan fingerprint density at radius 2 is 1.82 bits per heavy atom. The van der Waals surface area contributed by atoms with Gasteiger partial charge >= 0.3 is 0 Å². The van der Waals surface area contributed by atoms with Gasteiger partial charge in [-0.05, 0) is 62.6 Å². The van der Waals surface area contributed by atoms with E-state index >= 15 is 0 Å². The summed E-state index contributed by atoms with van der Waals surface area (Å²) in [5.41, 5.74) is 2.15. The van der Waals surface area contributed by atoms with Crippen LogP contribution in [0.1, 0.15) is 37.8 Å². The summed E-state index contributed by atoms with van der Waals surface area (Å²) in [7, 11) is -3.53. The molecule has 7 nitrogen and oxygen atoms in total. The predicted octanol–water partition coefficient (Wildman–Crippen LogP) is 4.40. The molecule has 2 aromatic rings. The van der Waals surface area contributed by atoms with Gasteiger partial charge in [0, 0.05) is 36.1 Å². The zero-order valence-electron chi connectivity index (χ0n) is 19.8. The van der Waals surface area contributed by atoms with E-state index in [1.807, 2.05) is 13.0 Å². The molecule has 0 bridgehead atoms. The van der Waals surface area contributed by atoms with Crippen molar-refractivity contribution in [1.82, 2.24) is 10.2 Å². The summed E-state index contributed by atoms with van der Waals surface area (Å²) >= 11 is 12.3. The van der Waals surface area contributed by atoms with Gasteiger partial charge < -0.3 is 10.2 Å². The van der Waals surface area contributed by atoms with Gasteiger partial charge in [-0.1, -0.05) is 41.4 Å². The highest BCUT2D eigenvalue weighted by atomic mass is 35.5. The van der Waals surface area contributed by atoms with Gasteiger partial charge in [0.25, 0.3) is 0 Å². The van der Waals surface area contributed by atoms with Crippen molar-refractivity contribution in [2.45, 2.75) is 46.2 Å². The van der Waals surface area contributed by atoms with Crippen molar-refractivity contribution >= 4 is 50.7 Å². The van der Waals surface area contributed by atoms with E-state index in [2.05, 4.69) is 5.32 Å². The normalized spacial score (nSPS) is 12.2. The van der Waals surface area contributed by atoms with Crippen molar-refractivity contribution in [2.75, 3.05) is 23.7 Å². The summed E-state index contributed by atoms with van der Waals surface area (Å²) in [5, 5.41) is 3.61. The molecule has 10 heteroatoms. The third-order valence-electron chi connectivity index (χ3n) is 5.32. The third-order valence-corrected chi connectivity index (χ3v) is 7.10. The summed E-state index contributed by atoms with van der Waals surface area (Å²) < 4.78 is 26.1. The number of rotatable bonds is 11. The molecule has 0 aliphatic carbocycles. The van der Waals surface area contributed by atoms with Gasteiger partial charge in [0.1, 0.15) is 6.04 Å². The molecule has 186 valence electrons. The van der Waals surface area contributed by atoms with E-state index in [-0.39, 0.29) is 37.7 Å². The summed E-state index contributed by atoms with van der Waals surface area (Å²) in [6.07, 6.45) is 1.49. The zero-order valence-corrected chi connectivity index (χ0v) is 22.2. The number of carbonyl (C=O) groups excluding carboxylic acids is 2. The van der Waals surface area contributed by atoms with Crippen molar-refractivity contribution in [3.05, 3.63) is 63.6 Å². The molecule has 0 fully saturated rings. The van der Waals surface area contributed by atoms with Gasteiger partial charge in [-0.3, -0.25) is 13.9 Å². The number of aryl methyl sites for hydroxylation is 1. The summed E-state index contributed by atoms with van der Waals surface area (Å²) in [5.74, 6) is -0.555. The second-order valence-corrected chi connectivity index (χ2v) is 10.9. The van der Waals surface area contributed by atoms with Crippen LogP contribution < -0.4 is 9.62 Å². The van der Waals surface area contributed by atoms with Crippen molar-refractivity contribution in [3.8, 4) is 0 Å².